The molecule has 0 unspecified atom stereocenters. The highest BCUT2D eigenvalue weighted by molar-refractivity contribution is 7.91. The first kappa shape index (κ1) is 15.9. The number of sulfone groups is 1. The average Bonchev–Trinajstić information content (AvgIpc) is 2.85. The lowest BCUT2D eigenvalue weighted by Gasteiger charge is -2.20. The van der Waals surface area contributed by atoms with Gasteiger partial charge in [-0.25, -0.2) is 8.42 Å². The van der Waals surface area contributed by atoms with Crippen LogP contribution in [0.3, 0.4) is 0 Å². The Morgan fingerprint density at radius 1 is 1.22 bits per heavy atom. The first-order valence-corrected chi connectivity index (χ1v) is 9.11. The summed E-state index contributed by atoms with van der Waals surface area (Å²) in [7, 11) is -1.49. The molecule has 1 aliphatic heterocycles. The van der Waals surface area contributed by atoms with E-state index in [0.717, 1.165) is 16.8 Å². The fourth-order valence-electron chi connectivity index (χ4n) is 3.52. The van der Waals surface area contributed by atoms with Crippen molar-refractivity contribution in [2.24, 2.45) is 7.05 Å². The van der Waals surface area contributed by atoms with Crippen molar-refractivity contribution in [3.05, 3.63) is 46.3 Å². The molecule has 0 saturated carbocycles. The highest BCUT2D eigenvalue weighted by Gasteiger charge is 2.42. The number of carbonyl (C=O) groups excluding carboxylic acids is 1. The van der Waals surface area contributed by atoms with Crippen LogP contribution in [-0.2, 0) is 22.3 Å². The molecule has 122 valence electrons. The molecule has 0 spiro atoms. The van der Waals surface area contributed by atoms with Gasteiger partial charge in [-0.1, -0.05) is 13.8 Å². The monoisotopic (exact) mass is 332 g/mol. The molecule has 23 heavy (non-hydrogen) atoms. The van der Waals surface area contributed by atoms with Gasteiger partial charge in [-0.15, -0.1) is 0 Å². The molecule has 2 aromatic rings. The molecule has 0 aliphatic carbocycles. The summed E-state index contributed by atoms with van der Waals surface area (Å²) in [5.41, 5.74) is 2.92. The van der Waals surface area contributed by atoms with Crippen molar-refractivity contribution in [2.75, 3.05) is 5.75 Å². The number of rotatable bonds is 2. The molecule has 0 amide bonds. The molecule has 0 saturated heterocycles. The van der Waals surface area contributed by atoms with Crippen molar-refractivity contribution in [1.82, 2.24) is 9.78 Å². The Morgan fingerprint density at radius 3 is 2.43 bits per heavy atom. The van der Waals surface area contributed by atoms with Crippen LogP contribution >= 0.6 is 0 Å². The number of carbonyl (C=O) groups is 1. The van der Waals surface area contributed by atoms with E-state index >= 15 is 0 Å². The van der Waals surface area contributed by atoms with Crippen molar-refractivity contribution in [3.8, 4) is 0 Å². The zero-order valence-corrected chi connectivity index (χ0v) is 14.8. The third-order valence-electron chi connectivity index (χ3n) is 4.71. The van der Waals surface area contributed by atoms with Crippen LogP contribution in [0.15, 0.2) is 23.2 Å². The Bertz CT molecular complexity index is 937. The number of hydrogen-bond acceptors (Lipinski definition) is 4. The van der Waals surface area contributed by atoms with E-state index in [4.69, 9.17) is 0 Å². The van der Waals surface area contributed by atoms with E-state index in [9.17, 15) is 13.2 Å². The van der Waals surface area contributed by atoms with E-state index in [0.29, 0.717) is 16.0 Å². The SMILES string of the molecule is Cc1c(C(=O)c2cnn(C)c2C)ccc2c1C(C)(C)CS2(=O)=O. The maximum atomic E-state index is 12.9. The van der Waals surface area contributed by atoms with Crippen LogP contribution in [0.1, 0.15) is 46.6 Å². The van der Waals surface area contributed by atoms with E-state index in [2.05, 4.69) is 5.10 Å². The number of nitrogens with zero attached hydrogens (tertiary/aromatic N) is 2. The van der Waals surface area contributed by atoms with Gasteiger partial charge in [0.05, 0.1) is 22.4 Å². The summed E-state index contributed by atoms with van der Waals surface area (Å²) >= 11 is 0. The molecule has 1 aromatic carbocycles. The summed E-state index contributed by atoms with van der Waals surface area (Å²) in [6.07, 6.45) is 1.56. The van der Waals surface area contributed by atoms with Gasteiger partial charge in [0.1, 0.15) is 0 Å². The molecule has 1 aromatic heterocycles. The fourth-order valence-corrected chi connectivity index (χ4v) is 5.79. The Labute approximate surface area is 136 Å². The van der Waals surface area contributed by atoms with Crippen molar-refractivity contribution in [1.29, 1.82) is 0 Å². The highest BCUT2D eigenvalue weighted by atomic mass is 32.2. The lowest BCUT2D eigenvalue weighted by molar-refractivity contribution is 0.103. The van der Waals surface area contributed by atoms with E-state index in [1.165, 1.54) is 0 Å². The van der Waals surface area contributed by atoms with Gasteiger partial charge in [0, 0.05) is 23.7 Å². The van der Waals surface area contributed by atoms with Crippen molar-refractivity contribution >= 4 is 15.6 Å². The van der Waals surface area contributed by atoms with Crippen molar-refractivity contribution in [2.45, 2.75) is 38.0 Å². The molecule has 1 aliphatic rings. The van der Waals surface area contributed by atoms with Crippen LogP contribution in [0, 0.1) is 13.8 Å². The van der Waals surface area contributed by atoms with Crippen LogP contribution in [-0.4, -0.2) is 29.7 Å². The maximum Gasteiger partial charge on any atom is 0.196 e. The second-order valence-corrected chi connectivity index (χ2v) is 8.81. The molecule has 3 rings (SSSR count). The summed E-state index contributed by atoms with van der Waals surface area (Å²) in [5.74, 6) is -0.0317. The van der Waals surface area contributed by atoms with Gasteiger partial charge >= 0.3 is 0 Å². The molecule has 0 N–H and O–H groups in total. The van der Waals surface area contributed by atoms with E-state index in [-0.39, 0.29) is 11.5 Å². The van der Waals surface area contributed by atoms with Gasteiger partial charge in [-0.2, -0.15) is 5.10 Å². The quantitative estimate of drug-likeness (QED) is 0.792. The van der Waals surface area contributed by atoms with Gasteiger partial charge < -0.3 is 0 Å². The number of benzene rings is 1. The highest BCUT2D eigenvalue weighted by Crippen LogP contribution is 2.42. The fraction of sp³-hybridized carbons (Fsp3) is 0.412. The zero-order chi connectivity index (χ0) is 17.2. The van der Waals surface area contributed by atoms with E-state index in [1.54, 1.807) is 30.1 Å². The van der Waals surface area contributed by atoms with Crippen LogP contribution in [0.5, 0.6) is 0 Å². The third-order valence-corrected chi connectivity index (χ3v) is 6.83. The second kappa shape index (κ2) is 4.77. The van der Waals surface area contributed by atoms with Crippen LogP contribution in [0.2, 0.25) is 0 Å². The Morgan fingerprint density at radius 2 is 1.87 bits per heavy atom. The predicted octanol–water partition coefficient (Wildman–Crippen LogP) is 2.33. The smallest absolute Gasteiger partial charge is 0.196 e. The lowest BCUT2D eigenvalue weighted by atomic mass is 9.81. The molecule has 0 radical (unpaired) electrons. The van der Waals surface area contributed by atoms with Gasteiger partial charge in [0.2, 0.25) is 0 Å². The van der Waals surface area contributed by atoms with Gasteiger partial charge in [0.25, 0.3) is 0 Å². The van der Waals surface area contributed by atoms with Crippen LogP contribution in [0.4, 0.5) is 0 Å². The minimum Gasteiger partial charge on any atom is -0.288 e. The molecule has 0 atom stereocenters. The van der Waals surface area contributed by atoms with Gasteiger partial charge in [-0.05, 0) is 37.1 Å². The molecule has 5 nitrogen and oxygen atoms in total. The van der Waals surface area contributed by atoms with Crippen LogP contribution in [0.25, 0.3) is 0 Å². The van der Waals surface area contributed by atoms with E-state index < -0.39 is 15.3 Å². The Kier molecular flexibility index (Phi) is 3.30. The normalized spacial score (nSPS) is 18.0. The minimum absolute atomic E-state index is 0.0831. The first-order chi connectivity index (χ1) is 10.6. The number of hydrogen-bond donors (Lipinski definition) is 0. The topological polar surface area (TPSA) is 69.0 Å². The summed E-state index contributed by atoms with van der Waals surface area (Å²) in [5, 5.41) is 4.12. The number of aryl methyl sites for hydroxylation is 1. The average molecular weight is 332 g/mol. The number of fused-ring (bicyclic) bond motifs is 1. The maximum absolute atomic E-state index is 12.9. The minimum atomic E-state index is -3.27. The third kappa shape index (κ3) is 2.24. The number of aromatic nitrogens is 2. The summed E-state index contributed by atoms with van der Waals surface area (Å²) in [6.45, 7) is 7.50. The largest absolute Gasteiger partial charge is 0.288 e. The Balaban J connectivity index is 2.22. The number of ketones is 1. The summed E-state index contributed by atoms with van der Waals surface area (Å²) in [4.78, 5) is 13.2. The standard InChI is InChI=1S/C17H20N2O3S/c1-10-12(16(20)13-8-18-19(5)11(13)2)6-7-14-15(10)17(3,4)9-23(14,21)22/h6-8H,9H2,1-5H3. The van der Waals surface area contributed by atoms with Crippen molar-refractivity contribution < 1.29 is 13.2 Å². The predicted molar refractivity (Wildman–Crippen MR) is 87.6 cm³/mol. The molecule has 0 bridgehead atoms. The van der Waals surface area contributed by atoms with Gasteiger partial charge in [0.15, 0.2) is 15.6 Å². The van der Waals surface area contributed by atoms with Crippen LogP contribution < -0.4 is 0 Å². The summed E-state index contributed by atoms with van der Waals surface area (Å²) < 4.78 is 26.3. The zero-order valence-electron chi connectivity index (χ0n) is 14.0. The molecule has 6 heteroatoms. The molecule has 0 fully saturated rings. The van der Waals surface area contributed by atoms with Crippen molar-refractivity contribution in [3.63, 3.8) is 0 Å². The first-order valence-electron chi connectivity index (χ1n) is 7.46. The lowest BCUT2D eigenvalue weighted by Crippen LogP contribution is -2.21. The molecule has 2 heterocycles. The van der Waals surface area contributed by atoms with E-state index in [1.807, 2.05) is 27.7 Å². The Hall–Kier alpha value is -1.95. The molecular weight excluding hydrogens is 312 g/mol. The van der Waals surface area contributed by atoms with Gasteiger partial charge in [-0.3, -0.25) is 9.48 Å². The molecular formula is C17H20N2O3S. The summed E-state index contributed by atoms with van der Waals surface area (Å²) in [6, 6.07) is 3.20. The second-order valence-electron chi connectivity index (χ2n) is 6.85.